The third-order valence-corrected chi connectivity index (χ3v) is 7.64. The summed E-state index contributed by atoms with van der Waals surface area (Å²) in [5.41, 5.74) is 0.392. The molecule has 0 bridgehead atoms. The first kappa shape index (κ1) is 22.9. The Bertz CT molecular complexity index is 969. The number of likely N-dealkylation sites (tertiary alicyclic amines) is 1. The van der Waals surface area contributed by atoms with Crippen LogP contribution in [-0.2, 0) is 4.74 Å². The highest BCUT2D eigenvalue weighted by atomic mass is 127. The number of carbonyl (C=O) groups is 1. The Kier molecular flexibility index (Phi) is 6.66. The minimum Gasteiger partial charge on any atom is -0.444 e. The Hall–Kier alpha value is -0.740. The van der Waals surface area contributed by atoms with Crippen molar-refractivity contribution in [3.63, 3.8) is 0 Å². The quantitative estimate of drug-likeness (QED) is 0.213. The van der Waals surface area contributed by atoms with Crippen LogP contribution in [0.3, 0.4) is 0 Å². The lowest BCUT2D eigenvalue weighted by Crippen LogP contribution is -2.49. The predicted octanol–water partition coefficient (Wildman–Crippen LogP) is 6.54. The van der Waals surface area contributed by atoms with E-state index in [-0.39, 0.29) is 34.8 Å². The molecule has 0 spiro atoms. The monoisotopic (exact) mass is 597 g/mol. The van der Waals surface area contributed by atoms with Gasteiger partial charge in [-0.2, -0.15) is 0 Å². The molecule has 2 heterocycles. The molecule has 1 saturated heterocycles. The molecule has 1 aliphatic heterocycles. The number of carbonyl (C=O) groups excluding carboxylic acids is 1. The van der Waals surface area contributed by atoms with E-state index in [2.05, 4.69) is 55.4 Å². The second-order valence-electron chi connectivity index (χ2n) is 8.56. The van der Waals surface area contributed by atoms with Crippen LogP contribution in [0.2, 0.25) is 5.28 Å². The summed E-state index contributed by atoms with van der Waals surface area (Å²) in [7, 11) is 0. The number of benzene rings is 1. The number of rotatable bonds is 1. The van der Waals surface area contributed by atoms with Crippen LogP contribution in [0.4, 0.5) is 9.18 Å². The standard InChI is InChI=1S/C20H23BrClFIN3O2/c1-9-8-27(19(28)29-20(3,4)5)10(2)6-11(9)16-12-7-13(24)14(21)15(23)17(12)26-18(22)25-16/h7,9-11H,6,8H2,1-5H3/t9-,10+,11?/m0/s1. The summed E-state index contributed by atoms with van der Waals surface area (Å²) in [6, 6.07) is 1.83. The van der Waals surface area contributed by atoms with E-state index in [1.807, 2.05) is 33.8 Å². The van der Waals surface area contributed by atoms with Crippen molar-refractivity contribution in [2.24, 2.45) is 5.92 Å². The summed E-state index contributed by atoms with van der Waals surface area (Å²) in [6.07, 6.45) is 0.363. The number of hydrogen-bond acceptors (Lipinski definition) is 4. The van der Waals surface area contributed by atoms with E-state index in [9.17, 15) is 9.18 Å². The molecule has 0 aliphatic carbocycles. The maximum Gasteiger partial charge on any atom is 0.410 e. The lowest BCUT2D eigenvalue weighted by atomic mass is 9.80. The highest BCUT2D eigenvalue weighted by Crippen LogP contribution is 2.40. The number of halogens is 4. The van der Waals surface area contributed by atoms with Gasteiger partial charge in [-0.15, -0.1) is 0 Å². The second-order valence-corrected chi connectivity index (χ2v) is 10.9. The SMILES string of the molecule is C[C@@H]1CC(c2nc(Cl)nc3c(F)c(Br)c(I)cc23)[C@@H](C)CN1C(=O)OC(C)(C)C. The van der Waals surface area contributed by atoms with E-state index < -0.39 is 11.4 Å². The third-order valence-electron chi connectivity index (χ3n) is 5.11. The van der Waals surface area contributed by atoms with Gasteiger partial charge in [0, 0.05) is 27.5 Å². The molecule has 1 amide bonds. The van der Waals surface area contributed by atoms with Crippen LogP contribution in [-0.4, -0.2) is 39.1 Å². The van der Waals surface area contributed by atoms with E-state index in [1.54, 1.807) is 4.90 Å². The summed E-state index contributed by atoms with van der Waals surface area (Å²) in [5, 5.41) is 0.684. The minimum absolute atomic E-state index is 0.0167. The van der Waals surface area contributed by atoms with Crippen LogP contribution < -0.4 is 0 Å². The van der Waals surface area contributed by atoms with Crippen molar-refractivity contribution in [3.05, 3.63) is 30.9 Å². The molecule has 9 heteroatoms. The van der Waals surface area contributed by atoms with E-state index in [1.165, 1.54) is 0 Å². The Morgan fingerprint density at radius 3 is 2.66 bits per heavy atom. The van der Waals surface area contributed by atoms with Crippen molar-refractivity contribution in [2.75, 3.05) is 6.54 Å². The molecule has 29 heavy (non-hydrogen) atoms. The zero-order valence-electron chi connectivity index (χ0n) is 16.9. The highest BCUT2D eigenvalue weighted by molar-refractivity contribution is 14.1. The Balaban J connectivity index is 1.98. The zero-order valence-corrected chi connectivity index (χ0v) is 21.4. The first-order valence-electron chi connectivity index (χ1n) is 9.39. The molecule has 158 valence electrons. The van der Waals surface area contributed by atoms with Gasteiger partial charge in [0.25, 0.3) is 0 Å². The van der Waals surface area contributed by atoms with Crippen LogP contribution in [0.15, 0.2) is 10.5 Å². The highest BCUT2D eigenvalue weighted by Gasteiger charge is 2.38. The second kappa shape index (κ2) is 8.42. The fourth-order valence-corrected chi connectivity index (χ4v) is 4.78. The van der Waals surface area contributed by atoms with Gasteiger partial charge in [0.1, 0.15) is 11.1 Å². The minimum atomic E-state index is -0.547. The average Bonchev–Trinajstić information content (AvgIpc) is 2.60. The van der Waals surface area contributed by atoms with Crippen molar-refractivity contribution in [3.8, 4) is 0 Å². The van der Waals surface area contributed by atoms with Crippen LogP contribution >= 0.6 is 50.1 Å². The van der Waals surface area contributed by atoms with Gasteiger partial charge in [-0.3, -0.25) is 0 Å². The van der Waals surface area contributed by atoms with Gasteiger partial charge < -0.3 is 9.64 Å². The van der Waals surface area contributed by atoms with Crippen LogP contribution in [0.5, 0.6) is 0 Å². The summed E-state index contributed by atoms with van der Waals surface area (Å²) in [4.78, 5) is 23.0. The molecule has 1 unspecified atom stereocenters. The van der Waals surface area contributed by atoms with E-state index in [0.717, 1.165) is 9.26 Å². The van der Waals surface area contributed by atoms with E-state index in [4.69, 9.17) is 16.3 Å². The van der Waals surface area contributed by atoms with Crippen LogP contribution in [0, 0.1) is 15.3 Å². The molecule has 1 aromatic carbocycles. The zero-order chi connectivity index (χ0) is 21.7. The number of nitrogens with zero attached hydrogens (tertiary/aromatic N) is 3. The van der Waals surface area contributed by atoms with Gasteiger partial charge in [-0.25, -0.2) is 19.2 Å². The summed E-state index contributed by atoms with van der Waals surface area (Å²) in [5.74, 6) is -0.329. The topological polar surface area (TPSA) is 55.3 Å². The number of piperidine rings is 1. The largest absolute Gasteiger partial charge is 0.444 e. The van der Waals surface area contributed by atoms with Crippen molar-refractivity contribution in [2.45, 2.75) is 58.6 Å². The smallest absolute Gasteiger partial charge is 0.410 e. The van der Waals surface area contributed by atoms with Crippen molar-refractivity contribution >= 4 is 67.1 Å². The van der Waals surface area contributed by atoms with Crippen LogP contribution in [0.25, 0.3) is 10.9 Å². The first-order valence-corrected chi connectivity index (χ1v) is 11.6. The molecule has 0 N–H and O–H groups in total. The first-order chi connectivity index (χ1) is 13.4. The van der Waals surface area contributed by atoms with E-state index >= 15 is 0 Å². The Morgan fingerprint density at radius 1 is 1.38 bits per heavy atom. The molecular formula is C20H23BrClFIN3O2. The van der Waals surface area contributed by atoms with Gasteiger partial charge in [0.05, 0.1) is 10.2 Å². The molecule has 1 aromatic heterocycles. The van der Waals surface area contributed by atoms with Crippen molar-refractivity contribution < 1.29 is 13.9 Å². The molecule has 0 radical (unpaired) electrons. The molecule has 3 atom stereocenters. The van der Waals surface area contributed by atoms with Crippen LogP contribution in [0.1, 0.15) is 52.7 Å². The Labute approximate surface area is 197 Å². The summed E-state index contributed by atoms with van der Waals surface area (Å²) >= 11 is 11.5. The fraction of sp³-hybridized carbons (Fsp3) is 0.550. The molecule has 5 nitrogen and oxygen atoms in total. The average molecular weight is 599 g/mol. The fourth-order valence-electron chi connectivity index (χ4n) is 3.75. The number of fused-ring (bicyclic) bond motifs is 1. The van der Waals surface area contributed by atoms with E-state index in [0.29, 0.717) is 22.8 Å². The molecule has 2 aromatic rings. The number of amides is 1. The van der Waals surface area contributed by atoms with Crippen molar-refractivity contribution in [1.82, 2.24) is 14.9 Å². The Morgan fingerprint density at radius 2 is 2.03 bits per heavy atom. The molecule has 0 saturated carbocycles. The number of ether oxygens (including phenoxy) is 1. The van der Waals surface area contributed by atoms with Crippen molar-refractivity contribution in [1.29, 1.82) is 0 Å². The predicted molar refractivity (Wildman–Crippen MR) is 124 cm³/mol. The maximum atomic E-state index is 14.8. The lowest BCUT2D eigenvalue weighted by Gasteiger charge is -2.42. The van der Waals surface area contributed by atoms with Gasteiger partial charge in [0.2, 0.25) is 5.28 Å². The lowest BCUT2D eigenvalue weighted by molar-refractivity contribution is 0.00353. The normalized spacial score (nSPS) is 22.8. The number of hydrogen-bond donors (Lipinski definition) is 0. The summed E-state index contributed by atoms with van der Waals surface area (Å²) < 4.78 is 21.5. The molecular weight excluding hydrogens is 575 g/mol. The molecule has 3 rings (SSSR count). The molecule has 1 fully saturated rings. The third kappa shape index (κ3) is 4.79. The number of aromatic nitrogens is 2. The van der Waals surface area contributed by atoms with Gasteiger partial charge >= 0.3 is 6.09 Å². The summed E-state index contributed by atoms with van der Waals surface area (Å²) in [6.45, 7) is 10.2. The van der Waals surface area contributed by atoms with Gasteiger partial charge in [-0.1, -0.05) is 6.92 Å². The van der Waals surface area contributed by atoms with Gasteiger partial charge in [0.15, 0.2) is 5.82 Å². The van der Waals surface area contributed by atoms with Gasteiger partial charge in [-0.05, 0) is 96.2 Å². The molecule has 1 aliphatic rings. The maximum absolute atomic E-state index is 14.8.